The summed E-state index contributed by atoms with van der Waals surface area (Å²) in [6.07, 6.45) is 2.12. The summed E-state index contributed by atoms with van der Waals surface area (Å²) in [4.78, 5) is 28.2. The fourth-order valence-electron chi connectivity index (χ4n) is 2.24. The number of amides is 2. The molecule has 0 atom stereocenters. The van der Waals surface area contributed by atoms with Gasteiger partial charge in [-0.25, -0.2) is 4.98 Å². The number of carbonyl (C=O) groups excluding carboxylic acids is 2. The second-order valence-corrected chi connectivity index (χ2v) is 6.74. The van der Waals surface area contributed by atoms with Crippen molar-refractivity contribution in [2.75, 3.05) is 10.6 Å². The first-order chi connectivity index (χ1) is 11.0. The van der Waals surface area contributed by atoms with Crippen LogP contribution in [0.2, 0.25) is 0 Å². The van der Waals surface area contributed by atoms with Crippen molar-refractivity contribution in [2.24, 2.45) is 5.92 Å². The largest absolute Gasteiger partial charge is 0.325 e. The topological polar surface area (TPSA) is 71.1 Å². The fourth-order valence-corrected chi connectivity index (χ4v) is 2.96. The third-order valence-electron chi connectivity index (χ3n) is 3.95. The van der Waals surface area contributed by atoms with Crippen molar-refractivity contribution in [2.45, 2.75) is 33.1 Å². The summed E-state index contributed by atoms with van der Waals surface area (Å²) in [6.45, 7) is 4.00. The molecule has 0 spiro atoms. The molecule has 0 unspecified atom stereocenters. The number of thiazole rings is 1. The number of anilines is 2. The molecule has 2 aromatic rings. The van der Waals surface area contributed by atoms with E-state index >= 15 is 0 Å². The predicted molar refractivity (Wildman–Crippen MR) is 91.7 cm³/mol. The van der Waals surface area contributed by atoms with Crippen LogP contribution >= 0.6 is 11.3 Å². The third-order valence-corrected chi connectivity index (χ3v) is 4.76. The lowest BCUT2D eigenvalue weighted by Gasteiger charge is -2.09. The van der Waals surface area contributed by atoms with Crippen LogP contribution in [0.5, 0.6) is 0 Å². The fraction of sp³-hybridized carbons (Fsp3) is 0.353. The normalized spacial score (nSPS) is 13.7. The van der Waals surface area contributed by atoms with E-state index in [1.807, 2.05) is 37.4 Å². The van der Waals surface area contributed by atoms with E-state index in [2.05, 4.69) is 15.6 Å². The number of nitrogens with one attached hydrogen (secondary N) is 2. The molecule has 2 N–H and O–H groups in total. The van der Waals surface area contributed by atoms with Crippen molar-refractivity contribution in [1.29, 1.82) is 0 Å². The molecule has 6 heteroatoms. The molecule has 23 heavy (non-hydrogen) atoms. The lowest BCUT2D eigenvalue weighted by molar-refractivity contribution is -0.117. The van der Waals surface area contributed by atoms with Crippen LogP contribution in [-0.4, -0.2) is 16.8 Å². The van der Waals surface area contributed by atoms with Crippen molar-refractivity contribution in [3.05, 3.63) is 40.4 Å². The van der Waals surface area contributed by atoms with Crippen LogP contribution in [0, 0.1) is 19.8 Å². The molecule has 1 heterocycles. The summed E-state index contributed by atoms with van der Waals surface area (Å²) >= 11 is 1.35. The van der Waals surface area contributed by atoms with E-state index in [-0.39, 0.29) is 24.2 Å². The third kappa shape index (κ3) is 3.96. The van der Waals surface area contributed by atoms with Gasteiger partial charge in [0.15, 0.2) is 5.13 Å². The molecule has 0 saturated heterocycles. The molecular formula is C17H19N3O2S. The van der Waals surface area contributed by atoms with Crippen molar-refractivity contribution >= 4 is 34.0 Å². The van der Waals surface area contributed by atoms with Crippen LogP contribution in [0.3, 0.4) is 0 Å². The minimum Gasteiger partial charge on any atom is -0.325 e. The Morgan fingerprint density at radius 2 is 2.04 bits per heavy atom. The van der Waals surface area contributed by atoms with Gasteiger partial charge in [-0.2, -0.15) is 0 Å². The minimum atomic E-state index is -0.107. The van der Waals surface area contributed by atoms with Gasteiger partial charge in [-0.15, -0.1) is 11.3 Å². The van der Waals surface area contributed by atoms with Gasteiger partial charge in [-0.05, 0) is 43.9 Å². The average molecular weight is 329 g/mol. The number of rotatable bonds is 5. The lowest BCUT2D eigenvalue weighted by atomic mass is 10.1. The summed E-state index contributed by atoms with van der Waals surface area (Å²) in [5.41, 5.74) is 3.70. The Morgan fingerprint density at radius 3 is 2.78 bits per heavy atom. The molecule has 2 amide bonds. The quantitative estimate of drug-likeness (QED) is 0.884. The minimum absolute atomic E-state index is 0.0331. The molecule has 1 fully saturated rings. The van der Waals surface area contributed by atoms with Crippen LogP contribution in [0.1, 0.15) is 29.7 Å². The Kier molecular flexibility index (Phi) is 4.43. The highest BCUT2D eigenvalue weighted by molar-refractivity contribution is 7.13. The highest BCUT2D eigenvalue weighted by Gasteiger charge is 2.30. The second-order valence-electron chi connectivity index (χ2n) is 5.88. The number of benzene rings is 1. The zero-order chi connectivity index (χ0) is 16.4. The lowest BCUT2D eigenvalue weighted by Crippen LogP contribution is -2.16. The van der Waals surface area contributed by atoms with Gasteiger partial charge in [0.1, 0.15) is 0 Å². The molecule has 0 radical (unpaired) electrons. The molecular weight excluding hydrogens is 310 g/mol. The van der Waals surface area contributed by atoms with Gasteiger partial charge in [0.2, 0.25) is 11.8 Å². The van der Waals surface area contributed by atoms with E-state index in [0.29, 0.717) is 10.8 Å². The highest BCUT2D eigenvalue weighted by atomic mass is 32.1. The average Bonchev–Trinajstić information content (AvgIpc) is 3.27. The monoisotopic (exact) mass is 329 g/mol. The van der Waals surface area contributed by atoms with E-state index in [9.17, 15) is 9.59 Å². The van der Waals surface area contributed by atoms with Gasteiger partial charge in [0.25, 0.3) is 0 Å². The van der Waals surface area contributed by atoms with Crippen LogP contribution in [-0.2, 0) is 16.0 Å². The molecule has 3 rings (SSSR count). The molecule has 1 saturated carbocycles. The van der Waals surface area contributed by atoms with Gasteiger partial charge in [-0.3, -0.25) is 9.59 Å². The zero-order valence-corrected chi connectivity index (χ0v) is 14.0. The number of hydrogen-bond acceptors (Lipinski definition) is 4. The molecule has 1 aliphatic rings. The van der Waals surface area contributed by atoms with Gasteiger partial charge in [0, 0.05) is 17.0 Å². The van der Waals surface area contributed by atoms with Crippen molar-refractivity contribution in [1.82, 2.24) is 4.98 Å². The van der Waals surface area contributed by atoms with Crippen LogP contribution in [0.25, 0.3) is 0 Å². The molecule has 5 nitrogen and oxygen atoms in total. The Balaban J connectivity index is 1.58. The van der Waals surface area contributed by atoms with E-state index in [1.165, 1.54) is 11.3 Å². The Labute approximate surface area is 139 Å². The van der Waals surface area contributed by atoms with Gasteiger partial charge in [-0.1, -0.05) is 12.1 Å². The van der Waals surface area contributed by atoms with Crippen molar-refractivity contribution in [3.63, 3.8) is 0 Å². The standard InChI is InChI=1S/C17H19N3O2S/c1-10-4-3-5-14(11(10)2)19-15(21)8-13-9-23-17(18-13)20-16(22)12-6-7-12/h3-5,9,12H,6-8H2,1-2H3,(H,19,21)(H,18,20,22). The highest BCUT2D eigenvalue weighted by Crippen LogP contribution is 2.30. The van der Waals surface area contributed by atoms with Crippen molar-refractivity contribution in [3.8, 4) is 0 Å². The second kappa shape index (κ2) is 6.50. The molecule has 1 aromatic carbocycles. The van der Waals surface area contributed by atoms with Gasteiger partial charge in [0.05, 0.1) is 12.1 Å². The predicted octanol–water partition coefficient (Wildman–Crippen LogP) is 3.29. The number of aryl methyl sites for hydroxylation is 1. The number of carbonyl (C=O) groups is 2. The molecule has 1 aliphatic carbocycles. The van der Waals surface area contributed by atoms with Gasteiger partial charge < -0.3 is 10.6 Å². The van der Waals surface area contributed by atoms with Crippen LogP contribution < -0.4 is 10.6 Å². The summed E-state index contributed by atoms with van der Waals surface area (Å²) in [6, 6.07) is 5.83. The smallest absolute Gasteiger partial charge is 0.230 e. The van der Waals surface area contributed by atoms with E-state index in [4.69, 9.17) is 0 Å². The summed E-state index contributed by atoms with van der Waals surface area (Å²) < 4.78 is 0. The summed E-state index contributed by atoms with van der Waals surface area (Å²) in [7, 11) is 0. The molecule has 120 valence electrons. The van der Waals surface area contributed by atoms with Crippen LogP contribution in [0.15, 0.2) is 23.6 Å². The number of nitrogens with zero attached hydrogens (tertiary/aromatic N) is 1. The zero-order valence-electron chi connectivity index (χ0n) is 13.2. The SMILES string of the molecule is Cc1cccc(NC(=O)Cc2csc(NC(=O)C3CC3)n2)c1C. The Bertz CT molecular complexity index is 750. The van der Waals surface area contributed by atoms with E-state index in [1.54, 1.807) is 0 Å². The maximum Gasteiger partial charge on any atom is 0.230 e. The Hall–Kier alpha value is -2.21. The molecule has 0 bridgehead atoms. The molecule has 0 aliphatic heterocycles. The van der Waals surface area contributed by atoms with Crippen LogP contribution in [0.4, 0.5) is 10.8 Å². The molecule has 1 aromatic heterocycles. The van der Waals surface area contributed by atoms with Gasteiger partial charge >= 0.3 is 0 Å². The maximum absolute atomic E-state index is 12.2. The van der Waals surface area contributed by atoms with E-state index < -0.39 is 0 Å². The van der Waals surface area contributed by atoms with E-state index in [0.717, 1.165) is 29.7 Å². The number of aromatic nitrogens is 1. The number of hydrogen-bond donors (Lipinski definition) is 2. The van der Waals surface area contributed by atoms with Crippen molar-refractivity contribution < 1.29 is 9.59 Å². The first-order valence-electron chi connectivity index (χ1n) is 7.64. The summed E-state index contributed by atoms with van der Waals surface area (Å²) in [5.74, 6) is 0.0738. The Morgan fingerprint density at radius 1 is 1.26 bits per heavy atom. The summed E-state index contributed by atoms with van der Waals surface area (Å²) in [5, 5.41) is 8.09. The first kappa shape index (κ1) is 15.7. The first-order valence-corrected chi connectivity index (χ1v) is 8.52. The maximum atomic E-state index is 12.2.